The number of rotatable bonds is 5. The standard InChI is InChI=1S/C26H28ClFN2O/c1-16(17-5-9-20(27)10-6-17)26(2,25(29)31)19-7-3-18(4-8-19)22-13-14-30-24-12-11-21(28)15-23(22)24/h5-6,9-16,18-19H,3-4,7-8H2,1-2H3,(H2,29,31)/t16-,18?,19?,26?/m0/s1. The predicted molar refractivity (Wildman–Crippen MR) is 124 cm³/mol. The predicted octanol–water partition coefficient (Wildman–Crippen LogP) is 6.60. The third kappa shape index (κ3) is 4.06. The molecule has 3 aromatic rings. The molecular weight excluding hydrogens is 411 g/mol. The first-order valence-corrected chi connectivity index (χ1v) is 11.3. The molecule has 0 spiro atoms. The molecule has 162 valence electrons. The number of carbonyl (C=O) groups is 1. The maximum Gasteiger partial charge on any atom is 0.224 e. The van der Waals surface area contributed by atoms with Crippen molar-refractivity contribution in [3.8, 4) is 0 Å². The molecule has 2 N–H and O–H groups in total. The van der Waals surface area contributed by atoms with Crippen molar-refractivity contribution in [3.05, 3.63) is 76.7 Å². The summed E-state index contributed by atoms with van der Waals surface area (Å²) < 4.78 is 13.9. The summed E-state index contributed by atoms with van der Waals surface area (Å²) >= 11 is 6.05. The van der Waals surface area contributed by atoms with Gasteiger partial charge in [-0.15, -0.1) is 0 Å². The summed E-state index contributed by atoms with van der Waals surface area (Å²) in [5.41, 5.74) is 8.38. The van der Waals surface area contributed by atoms with Gasteiger partial charge in [-0.25, -0.2) is 4.39 Å². The van der Waals surface area contributed by atoms with E-state index in [9.17, 15) is 9.18 Å². The Balaban J connectivity index is 1.57. The highest BCUT2D eigenvalue weighted by Crippen LogP contribution is 2.50. The van der Waals surface area contributed by atoms with E-state index in [0.29, 0.717) is 10.9 Å². The average molecular weight is 439 g/mol. The monoisotopic (exact) mass is 438 g/mol. The van der Waals surface area contributed by atoms with Gasteiger partial charge in [0.25, 0.3) is 0 Å². The van der Waals surface area contributed by atoms with Gasteiger partial charge in [-0.1, -0.05) is 30.7 Å². The molecule has 4 rings (SSSR count). The van der Waals surface area contributed by atoms with E-state index in [1.807, 2.05) is 37.3 Å². The van der Waals surface area contributed by atoms with Crippen molar-refractivity contribution in [1.82, 2.24) is 4.98 Å². The van der Waals surface area contributed by atoms with Crippen LogP contribution in [0.1, 0.15) is 62.5 Å². The molecule has 5 heteroatoms. The lowest BCUT2D eigenvalue weighted by molar-refractivity contribution is -0.132. The Kier molecular flexibility index (Phi) is 6.02. The van der Waals surface area contributed by atoms with Crippen molar-refractivity contribution in [2.24, 2.45) is 17.1 Å². The Hall–Kier alpha value is -2.46. The number of halogens is 2. The molecule has 2 atom stereocenters. The molecule has 31 heavy (non-hydrogen) atoms. The van der Waals surface area contributed by atoms with E-state index in [1.165, 1.54) is 6.07 Å². The smallest absolute Gasteiger partial charge is 0.224 e. The van der Waals surface area contributed by atoms with Gasteiger partial charge in [0.05, 0.1) is 10.9 Å². The van der Waals surface area contributed by atoms with Gasteiger partial charge in [0.1, 0.15) is 5.82 Å². The zero-order valence-electron chi connectivity index (χ0n) is 17.9. The van der Waals surface area contributed by atoms with Crippen molar-refractivity contribution in [2.75, 3.05) is 0 Å². The number of fused-ring (bicyclic) bond motifs is 1. The van der Waals surface area contributed by atoms with Crippen LogP contribution in [0.25, 0.3) is 10.9 Å². The highest BCUT2D eigenvalue weighted by molar-refractivity contribution is 6.30. The van der Waals surface area contributed by atoms with Crippen molar-refractivity contribution in [1.29, 1.82) is 0 Å². The molecule has 1 unspecified atom stereocenters. The summed E-state index contributed by atoms with van der Waals surface area (Å²) in [6.07, 6.45) is 5.49. The lowest BCUT2D eigenvalue weighted by atomic mass is 9.60. The van der Waals surface area contributed by atoms with Crippen molar-refractivity contribution >= 4 is 28.4 Å². The lowest BCUT2D eigenvalue weighted by Gasteiger charge is -2.43. The van der Waals surface area contributed by atoms with Gasteiger partial charge in [0.15, 0.2) is 0 Å². The highest BCUT2D eigenvalue weighted by atomic mass is 35.5. The molecule has 1 amide bonds. The largest absolute Gasteiger partial charge is 0.369 e. The topological polar surface area (TPSA) is 56.0 Å². The van der Waals surface area contributed by atoms with Crippen LogP contribution < -0.4 is 5.73 Å². The molecule has 1 saturated carbocycles. The second-order valence-corrected chi connectivity index (χ2v) is 9.47. The van der Waals surface area contributed by atoms with Gasteiger partial charge in [-0.2, -0.15) is 0 Å². The van der Waals surface area contributed by atoms with Crippen LogP contribution in [0.15, 0.2) is 54.7 Å². The summed E-state index contributed by atoms with van der Waals surface area (Å²) in [6, 6.07) is 14.5. The number of pyridine rings is 1. The first-order chi connectivity index (χ1) is 14.8. The fourth-order valence-corrected chi connectivity index (χ4v) is 5.49. The molecule has 0 aliphatic heterocycles. The molecular formula is C26H28ClFN2O. The summed E-state index contributed by atoms with van der Waals surface area (Å²) in [7, 11) is 0. The normalized spacial score (nSPS) is 22.1. The number of nitrogens with two attached hydrogens (primary N) is 1. The molecule has 1 aliphatic rings. The number of nitrogens with zero attached hydrogens (tertiary/aromatic N) is 1. The van der Waals surface area contributed by atoms with Crippen molar-refractivity contribution in [3.63, 3.8) is 0 Å². The van der Waals surface area contributed by atoms with Crippen LogP contribution in [0.3, 0.4) is 0 Å². The zero-order valence-corrected chi connectivity index (χ0v) is 18.7. The first kappa shape index (κ1) is 21.8. The summed E-state index contributed by atoms with van der Waals surface area (Å²) in [6.45, 7) is 4.09. The van der Waals surface area contributed by atoms with E-state index in [2.05, 4.69) is 11.9 Å². The van der Waals surface area contributed by atoms with Crippen LogP contribution in [0, 0.1) is 17.2 Å². The Bertz CT molecular complexity index is 1090. The lowest BCUT2D eigenvalue weighted by Crippen LogP contribution is -2.45. The number of benzene rings is 2. The van der Waals surface area contributed by atoms with Crippen molar-refractivity contribution < 1.29 is 9.18 Å². The van der Waals surface area contributed by atoms with Gasteiger partial charge in [-0.3, -0.25) is 9.78 Å². The van der Waals surface area contributed by atoms with Gasteiger partial charge >= 0.3 is 0 Å². The molecule has 2 aromatic carbocycles. The van der Waals surface area contributed by atoms with Crippen LogP contribution >= 0.6 is 11.6 Å². The average Bonchev–Trinajstić information content (AvgIpc) is 2.78. The highest BCUT2D eigenvalue weighted by Gasteiger charge is 2.46. The van der Waals surface area contributed by atoms with E-state index < -0.39 is 5.41 Å². The van der Waals surface area contributed by atoms with E-state index >= 15 is 0 Å². The van der Waals surface area contributed by atoms with Crippen LogP contribution in [0.2, 0.25) is 5.02 Å². The van der Waals surface area contributed by atoms with E-state index in [4.69, 9.17) is 17.3 Å². The Morgan fingerprint density at radius 2 is 1.81 bits per heavy atom. The number of hydrogen-bond acceptors (Lipinski definition) is 2. The van der Waals surface area contributed by atoms with Gasteiger partial charge in [0.2, 0.25) is 5.91 Å². The quantitative estimate of drug-likeness (QED) is 0.488. The fraction of sp³-hybridized carbons (Fsp3) is 0.385. The summed E-state index contributed by atoms with van der Waals surface area (Å²) in [5, 5.41) is 1.57. The molecule has 0 saturated heterocycles. The van der Waals surface area contributed by atoms with Gasteiger partial charge in [0, 0.05) is 16.6 Å². The molecule has 1 aromatic heterocycles. The Labute approximate surface area is 187 Å². The number of primary amides is 1. The number of carbonyl (C=O) groups excluding carboxylic acids is 1. The fourth-order valence-electron chi connectivity index (χ4n) is 5.37. The van der Waals surface area contributed by atoms with Gasteiger partial charge in [-0.05, 0) is 97.9 Å². The first-order valence-electron chi connectivity index (χ1n) is 10.9. The Morgan fingerprint density at radius 3 is 2.45 bits per heavy atom. The molecule has 3 nitrogen and oxygen atoms in total. The second-order valence-electron chi connectivity index (χ2n) is 9.03. The molecule has 1 fully saturated rings. The molecule has 0 bridgehead atoms. The van der Waals surface area contributed by atoms with E-state index in [1.54, 1.807) is 18.3 Å². The Morgan fingerprint density at radius 1 is 1.13 bits per heavy atom. The van der Waals surface area contributed by atoms with Crippen LogP contribution in [0.4, 0.5) is 4.39 Å². The van der Waals surface area contributed by atoms with E-state index in [-0.39, 0.29) is 23.6 Å². The van der Waals surface area contributed by atoms with Crippen LogP contribution in [-0.4, -0.2) is 10.9 Å². The maximum absolute atomic E-state index is 13.9. The van der Waals surface area contributed by atoms with E-state index in [0.717, 1.165) is 47.7 Å². The zero-order chi connectivity index (χ0) is 22.2. The maximum atomic E-state index is 13.9. The minimum Gasteiger partial charge on any atom is -0.369 e. The minimum absolute atomic E-state index is 0.0142. The molecule has 1 heterocycles. The SMILES string of the molecule is C[C@@H](c1ccc(Cl)cc1)C(C)(C(N)=O)C1CCC(c2ccnc3ccc(F)cc23)CC1. The van der Waals surface area contributed by atoms with Crippen LogP contribution in [-0.2, 0) is 4.79 Å². The minimum atomic E-state index is -0.648. The second kappa shape index (κ2) is 8.58. The van der Waals surface area contributed by atoms with Gasteiger partial charge < -0.3 is 5.73 Å². The number of hydrogen-bond donors (Lipinski definition) is 1. The van der Waals surface area contributed by atoms with Crippen molar-refractivity contribution in [2.45, 2.75) is 51.4 Å². The summed E-state index contributed by atoms with van der Waals surface area (Å²) in [4.78, 5) is 17.1. The molecule has 1 aliphatic carbocycles. The third-order valence-electron chi connectivity index (χ3n) is 7.55. The third-order valence-corrected chi connectivity index (χ3v) is 7.80. The number of amides is 1. The molecule has 0 radical (unpaired) electrons. The van der Waals surface area contributed by atoms with Crippen LogP contribution in [0.5, 0.6) is 0 Å². The summed E-state index contributed by atoms with van der Waals surface area (Å²) in [5.74, 6) is 0.00584. The number of aromatic nitrogens is 1.